The van der Waals surface area contributed by atoms with Gasteiger partial charge in [0.05, 0.1) is 18.4 Å². The predicted molar refractivity (Wildman–Crippen MR) is 99.4 cm³/mol. The molecule has 1 fully saturated rings. The molecule has 0 radical (unpaired) electrons. The van der Waals surface area contributed by atoms with Crippen LogP contribution in [0.3, 0.4) is 0 Å². The van der Waals surface area contributed by atoms with Gasteiger partial charge in [0, 0.05) is 24.8 Å². The molecule has 5 nitrogen and oxygen atoms in total. The predicted octanol–water partition coefficient (Wildman–Crippen LogP) is 3.68. The number of thioether (sulfide) groups is 1. The number of carbonyl (C=O) groups excluding carboxylic acids is 1. The summed E-state index contributed by atoms with van der Waals surface area (Å²) in [7, 11) is 0. The van der Waals surface area contributed by atoms with E-state index in [2.05, 4.69) is 16.7 Å². The second-order valence-electron chi connectivity index (χ2n) is 6.36. The fraction of sp³-hybridized carbons (Fsp3) is 0.444. The van der Waals surface area contributed by atoms with Crippen LogP contribution < -0.4 is 5.32 Å². The zero-order valence-electron chi connectivity index (χ0n) is 14.3. The highest BCUT2D eigenvalue weighted by Gasteiger charge is 2.23. The average Bonchev–Trinajstić information content (AvgIpc) is 3.04. The lowest BCUT2D eigenvalue weighted by atomic mass is 10.0. The van der Waals surface area contributed by atoms with Crippen molar-refractivity contribution in [3.8, 4) is 0 Å². The van der Waals surface area contributed by atoms with E-state index in [4.69, 9.17) is 0 Å². The van der Waals surface area contributed by atoms with Crippen LogP contribution in [0.2, 0.25) is 0 Å². The van der Waals surface area contributed by atoms with E-state index in [0.717, 1.165) is 25.3 Å². The minimum Gasteiger partial charge on any atom is -0.324 e. The van der Waals surface area contributed by atoms with Gasteiger partial charge < -0.3 is 10.2 Å². The van der Waals surface area contributed by atoms with Gasteiger partial charge in [-0.25, -0.2) is 9.18 Å². The smallest absolute Gasteiger partial charge is 0.321 e. The molecule has 1 aliphatic rings. The SMILES string of the molecule is CSC[C@H]1CCCN(C(=O)Nc2cnn(Cc3ccccc3F)c2)C1. The lowest BCUT2D eigenvalue weighted by molar-refractivity contribution is 0.183. The summed E-state index contributed by atoms with van der Waals surface area (Å²) in [4.78, 5) is 14.3. The highest BCUT2D eigenvalue weighted by Crippen LogP contribution is 2.20. The summed E-state index contributed by atoms with van der Waals surface area (Å²) < 4.78 is 15.3. The van der Waals surface area contributed by atoms with Gasteiger partial charge in [-0.3, -0.25) is 4.68 Å². The number of nitrogens with one attached hydrogen (secondary N) is 1. The molecule has 0 aliphatic carbocycles. The van der Waals surface area contributed by atoms with E-state index >= 15 is 0 Å². The van der Waals surface area contributed by atoms with Crippen molar-refractivity contribution in [2.24, 2.45) is 5.92 Å². The molecule has 0 bridgehead atoms. The van der Waals surface area contributed by atoms with Gasteiger partial charge in [-0.1, -0.05) is 18.2 Å². The zero-order chi connectivity index (χ0) is 17.6. The summed E-state index contributed by atoms with van der Waals surface area (Å²) >= 11 is 1.83. The standard InChI is InChI=1S/C18H23FN4OS/c1-25-13-14-5-4-8-22(10-14)18(24)21-16-9-20-23(12-16)11-15-6-2-3-7-17(15)19/h2-3,6-7,9,12,14H,4-5,8,10-11,13H2,1H3,(H,21,24)/t14-/m0/s1. The molecule has 1 aromatic carbocycles. The van der Waals surface area contributed by atoms with E-state index in [1.165, 1.54) is 12.5 Å². The largest absolute Gasteiger partial charge is 0.324 e. The molecule has 1 aliphatic heterocycles. The summed E-state index contributed by atoms with van der Waals surface area (Å²) in [6.07, 6.45) is 7.66. The number of aromatic nitrogens is 2. The third kappa shape index (κ3) is 4.75. The van der Waals surface area contributed by atoms with E-state index in [9.17, 15) is 9.18 Å². The van der Waals surface area contributed by atoms with E-state index in [0.29, 0.717) is 23.7 Å². The first-order valence-corrected chi connectivity index (χ1v) is 9.86. The Morgan fingerprint density at radius 3 is 3.08 bits per heavy atom. The van der Waals surface area contributed by atoms with Crippen LogP contribution in [0.15, 0.2) is 36.7 Å². The molecule has 0 saturated carbocycles. The minimum absolute atomic E-state index is 0.0868. The van der Waals surface area contributed by atoms with Gasteiger partial charge in [0.15, 0.2) is 0 Å². The van der Waals surface area contributed by atoms with Gasteiger partial charge in [-0.05, 0) is 36.8 Å². The molecule has 0 spiro atoms. The van der Waals surface area contributed by atoms with Crippen LogP contribution in [-0.2, 0) is 6.54 Å². The number of amides is 2. The van der Waals surface area contributed by atoms with E-state index in [1.54, 1.807) is 35.3 Å². The quantitative estimate of drug-likeness (QED) is 0.883. The molecule has 134 valence electrons. The molecule has 25 heavy (non-hydrogen) atoms. The first kappa shape index (κ1) is 17.8. The number of nitrogens with zero attached hydrogens (tertiary/aromatic N) is 3. The first-order valence-electron chi connectivity index (χ1n) is 8.46. The minimum atomic E-state index is -0.253. The summed E-state index contributed by atoms with van der Waals surface area (Å²) in [6.45, 7) is 1.93. The number of rotatable bonds is 5. The molecular weight excluding hydrogens is 339 g/mol. The van der Waals surface area contributed by atoms with Crippen LogP contribution >= 0.6 is 11.8 Å². The van der Waals surface area contributed by atoms with Gasteiger partial charge in [-0.15, -0.1) is 0 Å². The van der Waals surface area contributed by atoms with Crippen LogP contribution in [-0.4, -0.2) is 45.8 Å². The van der Waals surface area contributed by atoms with Crippen molar-refractivity contribution < 1.29 is 9.18 Å². The van der Waals surface area contributed by atoms with Crippen molar-refractivity contribution in [3.05, 3.63) is 48.0 Å². The van der Waals surface area contributed by atoms with Crippen LogP contribution in [0.1, 0.15) is 18.4 Å². The summed E-state index contributed by atoms with van der Waals surface area (Å²) in [6, 6.07) is 6.54. The molecule has 2 heterocycles. The number of likely N-dealkylation sites (tertiary alicyclic amines) is 1. The number of halogens is 1. The average molecular weight is 362 g/mol. The monoisotopic (exact) mass is 362 g/mol. The number of benzene rings is 1. The van der Waals surface area contributed by atoms with Gasteiger partial charge >= 0.3 is 6.03 Å². The molecular formula is C18H23FN4OS. The topological polar surface area (TPSA) is 50.2 Å². The third-order valence-corrected chi connectivity index (χ3v) is 5.19. The number of carbonyl (C=O) groups is 1. The highest BCUT2D eigenvalue weighted by atomic mass is 32.2. The Kier molecular flexibility index (Phi) is 5.96. The fourth-order valence-corrected chi connectivity index (χ4v) is 3.88. The number of hydrogen-bond acceptors (Lipinski definition) is 3. The maximum Gasteiger partial charge on any atom is 0.321 e. The van der Waals surface area contributed by atoms with Crippen molar-refractivity contribution in [2.75, 3.05) is 30.4 Å². The zero-order valence-corrected chi connectivity index (χ0v) is 15.1. The first-order chi connectivity index (χ1) is 12.2. The van der Waals surface area contributed by atoms with Crippen molar-refractivity contribution in [3.63, 3.8) is 0 Å². The van der Waals surface area contributed by atoms with Crippen molar-refractivity contribution >= 4 is 23.5 Å². The lowest BCUT2D eigenvalue weighted by Gasteiger charge is -2.32. The van der Waals surface area contributed by atoms with Crippen molar-refractivity contribution in [1.82, 2.24) is 14.7 Å². The Balaban J connectivity index is 1.57. The van der Waals surface area contributed by atoms with Gasteiger partial charge in [0.25, 0.3) is 0 Å². The van der Waals surface area contributed by atoms with Crippen LogP contribution in [0.25, 0.3) is 0 Å². The highest BCUT2D eigenvalue weighted by molar-refractivity contribution is 7.98. The third-order valence-electron chi connectivity index (χ3n) is 4.38. The molecule has 0 unspecified atom stereocenters. The molecule has 3 rings (SSSR count). The molecule has 1 N–H and O–H groups in total. The van der Waals surface area contributed by atoms with Gasteiger partial charge in [-0.2, -0.15) is 16.9 Å². The maximum absolute atomic E-state index is 13.7. The Morgan fingerprint density at radius 1 is 1.44 bits per heavy atom. The second-order valence-corrected chi connectivity index (χ2v) is 7.27. The van der Waals surface area contributed by atoms with E-state index < -0.39 is 0 Å². The summed E-state index contributed by atoms with van der Waals surface area (Å²) in [5.74, 6) is 1.40. The van der Waals surface area contributed by atoms with E-state index in [-0.39, 0.29) is 11.8 Å². The molecule has 1 atom stereocenters. The van der Waals surface area contributed by atoms with Crippen LogP contribution in [0.5, 0.6) is 0 Å². The summed E-state index contributed by atoms with van der Waals surface area (Å²) in [5.41, 5.74) is 1.20. The molecule has 1 saturated heterocycles. The van der Waals surface area contributed by atoms with Crippen LogP contribution in [0.4, 0.5) is 14.9 Å². The second kappa shape index (κ2) is 8.38. The Bertz CT molecular complexity index is 719. The van der Waals surface area contributed by atoms with Crippen molar-refractivity contribution in [2.45, 2.75) is 19.4 Å². The maximum atomic E-state index is 13.7. The Morgan fingerprint density at radius 2 is 2.28 bits per heavy atom. The number of hydrogen-bond donors (Lipinski definition) is 1. The normalized spacial score (nSPS) is 17.5. The molecule has 1 aromatic heterocycles. The Hall–Kier alpha value is -2.02. The number of urea groups is 1. The molecule has 7 heteroatoms. The Labute approximate surface area is 151 Å². The van der Waals surface area contributed by atoms with Crippen LogP contribution in [0, 0.1) is 11.7 Å². The number of anilines is 1. The fourth-order valence-electron chi connectivity index (χ4n) is 3.14. The number of piperidine rings is 1. The molecule has 2 aromatic rings. The molecule has 2 amide bonds. The summed E-state index contributed by atoms with van der Waals surface area (Å²) in [5, 5.41) is 7.11. The van der Waals surface area contributed by atoms with Gasteiger partial charge in [0.2, 0.25) is 0 Å². The van der Waals surface area contributed by atoms with Gasteiger partial charge in [0.1, 0.15) is 5.82 Å². The van der Waals surface area contributed by atoms with E-state index in [1.807, 2.05) is 16.7 Å². The lowest BCUT2D eigenvalue weighted by Crippen LogP contribution is -2.42. The van der Waals surface area contributed by atoms with Crippen molar-refractivity contribution in [1.29, 1.82) is 0 Å².